The highest BCUT2D eigenvalue weighted by molar-refractivity contribution is 7.13. The van der Waals surface area contributed by atoms with Crippen LogP contribution in [0.15, 0.2) is 24.3 Å². The maximum atomic E-state index is 12.5. The first-order chi connectivity index (χ1) is 9.02. The summed E-state index contributed by atoms with van der Waals surface area (Å²) < 4.78 is 0. The van der Waals surface area contributed by atoms with Gasteiger partial charge in [-0.25, -0.2) is 4.98 Å². The van der Waals surface area contributed by atoms with Crippen molar-refractivity contribution in [2.75, 3.05) is 11.4 Å². The first kappa shape index (κ1) is 13.5. The fourth-order valence-electron chi connectivity index (χ4n) is 1.96. The monoisotopic (exact) mass is 276 g/mol. The zero-order valence-corrected chi connectivity index (χ0v) is 12.0. The van der Waals surface area contributed by atoms with Gasteiger partial charge in [-0.15, -0.1) is 11.3 Å². The first-order valence-corrected chi connectivity index (χ1v) is 6.89. The molecular weight excluding hydrogens is 260 g/mol. The third-order valence-electron chi connectivity index (χ3n) is 2.80. The third-order valence-corrected chi connectivity index (χ3v) is 3.86. The number of thiazole rings is 1. The zero-order chi connectivity index (χ0) is 14.0. The van der Waals surface area contributed by atoms with Gasteiger partial charge >= 0.3 is 0 Å². The molecule has 4 nitrogen and oxygen atoms in total. The SMILES string of the molecule is CCN(C(=O)c1sc(C)nc1C)c1cccc(O)c1. The van der Waals surface area contributed by atoms with E-state index in [2.05, 4.69) is 4.98 Å². The van der Waals surface area contributed by atoms with E-state index in [1.807, 2.05) is 26.8 Å². The van der Waals surface area contributed by atoms with Gasteiger partial charge < -0.3 is 10.0 Å². The van der Waals surface area contributed by atoms with Gasteiger partial charge in [0.25, 0.3) is 5.91 Å². The minimum absolute atomic E-state index is 0.0730. The smallest absolute Gasteiger partial charge is 0.270 e. The maximum Gasteiger partial charge on any atom is 0.270 e. The second kappa shape index (κ2) is 5.40. The van der Waals surface area contributed by atoms with Crippen LogP contribution in [0.2, 0.25) is 0 Å². The molecule has 0 unspecified atom stereocenters. The number of aromatic hydroxyl groups is 1. The van der Waals surface area contributed by atoms with Crippen molar-refractivity contribution < 1.29 is 9.90 Å². The van der Waals surface area contributed by atoms with Crippen LogP contribution in [0.4, 0.5) is 5.69 Å². The van der Waals surface area contributed by atoms with Gasteiger partial charge in [-0.3, -0.25) is 4.79 Å². The molecular formula is C14H16N2O2S. The summed E-state index contributed by atoms with van der Waals surface area (Å²) in [7, 11) is 0. The Labute approximate surface area is 116 Å². The fraction of sp³-hybridized carbons (Fsp3) is 0.286. The van der Waals surface area contributed by atoms with Crippen molar-refractivity contribution >= 4 is 22.9 Å². The van der Waals surface area contributed by atoms with Crippen LogP contribution in [0.5, 0.6) is 5.75 Å². The van der Waals surface area contributed by atoms with Crippen LogP contribution >= 0.6 is 11.3 Å². The minimum atomic E-state index is -0.0730. The fourth-order valence-corrected chi connectivity index (χ4v) is 2.83. The number of aryl methyl sites for hydroxylation is 2. The third kappa shape index (κ3) is 2.76. The Kier molecular flexibility index (Phi) is 3.85. The summed E-state index contributed by atoms with van der Waals surface area (Å²) in [5.74, 6) is 0.0807. The molecule has 0 radical (unpaired) electrons. The van der Waals surface area contributed by atoms with Gasteiger partial charge in [-0.2, -0.15) is 0 Å². The van der Waals surface area contributed by atoms with E-state index in [4.69, 9.17) is 0 Å². The number of nitrogens with zero attached hydrogens (tertiary/aromatic N) is 2. The average Bonchev–Trinajstić information content (AvgIpc) is 2.69. The summed E-state index contributed by atoms with van der Waals surface area (Å²) in [6.07, 6.45) is 0. The second-order valence-electron chi connectivity index (χ2n) is 4.22. The normalized spacial score (nSPS) is 10.5. The molecule has 0 fully saturated rings. The van der Waals surface area contributed by atoms with E-state index in [0.29, 0.717) is 17.1 Å². The predicted molar refractivity (Wildman–Crippen MR) is 77.0 cm³/mol. The number of phenols is 1. The Bertz CT molecular complexity index is 607. The lowest BCUT2D eigenvalue weighted by atomic mass is 10.2. The number of hydrogen-bond donors (Lipinski definition) is 1. The van der Waals surface area contributed by atoms with E-state index in [1.165, 1.54) is 11.3 Å². The number of amides is 1. The number of hydrogen-bond acceptors (Lipinski definition) is 4. The van der Waals surface area contributed by atoms with E-state index in [0.717, 1.165) is 10.7 Å². The molecule has 0 saturated carbocycles. The van der Waals surface area contributed by atoms with Gasteiger partial charge in [-0.1, -0.05) is 6.07 Å². The van der Waals surface area contributed by atoms with Gasteiger partial charge in [0.15, 0.2) is 0 Å². The Hall–Kier alpha value is -1.88. The Morgan fingerprint density at radius 1 is 1.42 bits per heavy atom. The molecule has 0 atom stereocenters. The van der Waals surface area contributed by atoms with Crippen molar-refractivity contribution in [3.63, 3.8) is 0 Å². The van der Waals surface area contributed by atoms with Crippen LogP contribution in [-0.2, 0) is 0 Å². The van der Waals surface area contributed by atoms with Crippen LogP contribution in [0, 0.1) is 13.8 Å². The highest BCUT2D eigenvalue weighted by Gasteiger charge is 2.21. The van der Waals surface area contributed by atoms with Gasteiger partial charge in [0.2, 0.25) is 0 Å². The lowest BCUT2D eigenvalue weighted by molar-refractivity contribution is 0.0991. The minimum Gasteiger partial charge on any atom is -0.508 e. The molecule has 1 heterocycles. The van der Waals surface area contributed by atoms with Crippen LogP contribution in [0.1, 0.15) is 27.3 Å². The molecule has 1 aromatic heterocycles. The first-order valence-electron chi connectivity index (χ1n) is 6.08. The summed E-state index contributed by atoms with van der Waals surface area (Å²) in [5, 5.41) is 10.4. The Morgan fingerprint density at radius 2 is 2.16 bits per heavy atom. The van der Waals surface area contributed by atoms with Gasteiger partial charge in [0.1, 0.15) is 10.6 Å². The molecule has 5 heteroatoms. The maximum absolute atomic E-state index is 12.5. The van der Waals surface area contributed by atoms with Crippen molar-refractivity contribution in [2.45, 2.75) is 20.8 Å². The van der Waals surface area contributed by atoms with E-state index in [1.54, 1.807) is 23.1 Å². The molecule has 0 bridgehead atoms. The van der Waals surface area contributed by atoms with Crippen LogP contribution in [-0.4, -0.2) is 22.5 Å². The summed E-state index contributed by atoms with van der Waals surface area (Å²) in [6, 6.07) is 6.71. The topological polar surface area (TPSA) is 53.4 Å². The average molecular weight is 276 g/mol. The van der Waals surface area contributed by atoms with Gasteiger partial charge in [0, 0.05) is 18.3 Å². The molecule has 0 saturated heterocycles. The van der Waals surface area contributed by atoms with Crippen LogP contribution in [0.25, 0.3) is 0 Å². The summed E-state index contributed by atoms with van der Waals surface area (Å²) >= 11 is 1.40. The molecule has 0 spiro atoms. The number of rotatable bonds is 3. The van der Waals surface area contributed by atoms with Crippen molar-refractivity contribution in [1.82, 2.24) is 4.98 Å². The molecule has 0 aliphatic heterocycles. The zero-order valence-electron chi connectivity index (χ0n) is 11.2. The Morgan fingerprint density at radius 3 is 2.68 bits per heavy atom. The summed E-state index contributed by atoms with van der Waals surface area (Å²) in [4.78, 5) is 19.1. The van der Waals surface area contributed by atoms with Gasteiger partial charge in [0.05, 0.1) is 10.7 Å². The molecule has 2 rings (SSSR count). The predicted octanol–water partition coefficient (Wildman–Crippen LogP) is 3.13. The number of carbonyl (C=O) groups excluding carboxylic acids is 1. The molecule has 19 heavy (non-hydrogen) atoms. The van der Waals surface area contributed by atoms with Crippen molar-refractivity contribution in [1.29, 1.82) is 0 Å². The largest absolute Gasteiger partial charge is 0.508 e. The van der Waals surface area contributed by atoms with E-state index < -0.39 is 0 Å². The molecule has 1 aromatic carbocycles. The number of phenolic OH excluding ortho intramolecular Hbond substituents is 1. The highest BCUT2D eigenvalue weighted by Crippen LogP contribution is 2.25. The molecule has 2 aromatic rings. The lowest BCUT2D eigenvalue weighted by Gasteiger charge is -2.20. The number of aromatic nitrogens is 1. The van der Waals surface area contributed by atoms with Crippen molar-refractivity contribution in [3.8, 4) is 5.75 Å². The molecule has 1 N–H and O–H groups in total. The number of carbonyl (C=O) groups is 1. The molecule has 0 aliphatic carbocycles. The Balaban J connectivity index is 2.37. The van der Waals surface area contributed by atoms with Gasteiger partial charge in [-0.05, 0) is 32.9 Å². The van der Waals surface area contributed by atoms with E-state index in [-0.39, 0.29) is 11.7 Å². The summed E-state index contributed by atoms with van der Waals surface area (Å²) in [6.45, 7) is 6.18. The molecule has 100 valence electrons. The quantitative estimate of drug-likeness (QED) is 0.937. The van der Waals surface area contributed by atoms with E-state index in [9.17, 15) is 9.90 Å². The van der Waals surface area contributed by atoms with Crippen LogP contribution < -0.4 is 4.90 Å². The van der Waals surface area contributed by atoms with E-state index >= 15 is 0 Å². The van der Waals surface area contributed by atoms with Crippen LogP contribution in [0.3, 0.4) is 0 Å². The number of anilines is 1. The molecule has 1 amide bonds. The van der Waals surface area contributed by atoms with Crippen molar-refractivity contribution in [3.05, 3.63) is 39.8 Å². The standard InChI is InChI=1S/C14H16N2O2S/c1-4-16(11-6-5-7-12(17)8-11)14(18)13-9(2)15-10(3)19-13/h5-8,17H,4H2,1-3H3. The summed E-state index contributed by atoms with van der Waals surface area (Å²) in [5.41, 5.74) is 1.45. The lowest BCUT2D eigenvalue weighted by Crippen LogP contribution is -2.30. The number of benzene rings is 1. The molecule has 0 aliphatic rings. The second-order valence-corrected chi connectivity index (χ2v) is 5.42. The van der Waals surface area contributed by atoms with Crippen molar-refractivity contribution in [2.24, 2.45) is 0 Å². The highest BCUT2D eigenvalue weighted by atomic mass is 32.1.